The van der Waals surface area contributed by atoms with E-state index in [1.165, 1.54) is 11.1 Å². The lowest BCUT2D eigenvalue weighted by atomic mass is 10.0. The normalized spacial score (nSPS) is 16.0. The number of guanidine groups is 1. The quantitative estimate of drug-likeness (QED) is 0.409. The average Bonchev–Trinajstić information content (AvgIpc) is 2.64. The molecule has 0 saturated carbocycles. The molecule has 25 heavy (non-hydrogen) atoms. The molecule has 0 spiro atoms. The number of ether oxygens (including phenoxy) is 2. The van der Waals surface area contributed by atoms with Crippen LogP contribution in [0.25, 0.3) is 0 Å². The van der Waals surface area contributed by atoms with Crippen LogP contribution in [0.4, 0.5) is 0 Å². The lowest BCUT2D eigenvalue weighted by Crippen LogP contribution is -2.39. The predicted octanol–water partition coefficient (Wildman–Crippen LogP) is 2.54. The van der Waals surface area contributed by atoms with Crippen molar-refractivity contribution in [1.29, 1.82) is 0 Å². The summed E-state index contributed by atoms with van der Waals surface area (Å²) in [5.41, 5.74) is 2.66. The summed E-state index contributed by atoms with van der Waals surface area (Å²) in [5, 5.41) is 6.71. The van der Waals surface area contributed by atoms with Crippen molar-refractivity contribution in [3.05, 3.63) is 35.4 Å². The zero-order valence-corrected chi connectivity index (χ0v) is 15.7. The molecule has 1 aromatic carbocycles. The van der Waals surface area contributed by atoms with E-state index in [9.17, 15) is 0 Å². The van der Waals surface area contributed by atoms with Gasteiger partial charge in [-0.2, -0.15) is 0 Å². The molecule has 1 aliphatic heterocycles. The van der Waals surface area contributed by atoms with Crippen LogP contribution in [0, 0.1) is 12.8 Å². The van der Waals surface area contributed by atoms with Crippen molar-refractivity contribution in [2.75, 3.05) is 46.6 Å². The second-order valence-electron chi connectivity index (χ2n) is 6.65. The summed E-state index contributed by atoms with van der Waals surface area (Å²) in [5.74, 6) is 1.54. The van der Waals surface area contributed by atoms with E-state index in [0.29, 0.717) is 5.92 Å². The fraction of sp³-hybridized carbons (Fsp3) is 0.650. The van der Waals surface area contributed by atoms with Gasteiger partial charge in [-0.15, -0.1) is 0 Å². The van der Waals surface area contributed by atoms with E-state index in [0.717, 1.165) is 71.2 Å². The molecule has 1 saturated heterocycles. The fourth-order valence-corrected chi connectivity index (χ4v) is 2.96. The van der Waals surface area contributed by atoms with E-state index in [-0.39, 0.29) is 0 Å². The summed E-state index contributed by atoms with van der Waals surface area (Å²) in [6.45, 7) is 7.32. The third-order valence-corrected chi connectivity index (χ3v) is 4.46. The van der Waals surface area contributed by atoms with Crippen molar-refractivity contribution < 1.29 is 9.47 Å². The van der Waals surface area contributed by atoms with Gasteiger partial charge in [0, 0.05) is 46.6 Å². The molecule has 0 aliphatic carbocycles. The first-order valence-corrected chi connectivity index (χ1v) is 9.43. The number of hydrogen-bond acceptors (Lipinski definition) is 3. The first-order valence-electron chi connectivity index (χ1n) is 9.43. The van der Waals surface area contributed by atoms with Gasteiger partial charge in [0.2, 0.25) is 0 Å². The molecule has 0 amide bonds. The van der Waals surface area contributed by atoms with Crippen molar-refractivity contribution in [2.45, 2.75) is 32.6 Å². The van der Waals surface area contributed by atoms with Gasteiger partial charge in [0.15, 0.2) is 5.96 Å². The third-order valence-electron chi connectivity index (χ3n) is 4.46. The summed E-state index contributed by atoms with van der Waals surface area (Å²) in [4.78, 5) is 4.27. The SMILES string of the molecule is CN=C(NCCCOCC1CCOCC1)NCCc1cccc(C)c1. The highest BCUT2D eigenvalue weighted by Gasteiger charge is 2.13. The number of aliphatic imine (C=N–C) groups is 1. The van der Waals surface area contributed by atoms with Crippen LogP contribution < -0.4 is 10.6 Å². The Labute approximate surface area is 152 Å². The van der Waals surface area contributed by atoms with Gasteiger partial charge in [0.05, 0.1) is 0 Å². The maximum Gasteiger partial charge on any atom is 0.190 e. The Kier molecular flexibility index (Phi) is 9.37. The van der Waals surface area contributed by atoms with Gasteiger partial charge >= 0.3 is 0 Å². The van der Waals surface area contributed by atoms with E-state index in [1.54, 1.807) is 0 Å². The lowest BCUT2D eigenvalue weighted by molar-refractivity contribution is 0.0203. The van der Waals surface area contributed by atoms with Gasteiger partial charge < -0.3 is 20.1 Å². The standard InChI is InChI=1S/C20H33N3O2/c1-17-5-3-6-18(15-17)7-11-23-20(21-2)22-10-4-12-25-16-19-8-13-24-14-9-19/h3,5-6,15,19H,4,7-14,16H2,1-2H3,(H2,21,22,23). The average molecular weight is 348 g/mol. The minimum absolute atomic E-state index is 0.678. The van der Waals surface area contributed by atoms with E-state index in [2.05, 4.69) is 46.8 Å². The summed E-state index contributed by atoms with van der Waals surface area (Å²) in [6.07, 6.45) is 4.25. The Hall–Kier alpha value is -1.59. The van der Waals surface area contributed by atoms with Crippen LogP contribution >= 0.6 is 0 Å². The van der Waals surface area contributed by atoms with E-state index in [1.807, 2.05) is 7.05 Å². The summed E-state index contributed by atoms with van der Waals surface area (Å²) in [6, 6.07) is 8.63. The van der Waals surface area contributed by atoms with Crippen molar-refractivity contribution in [3.8, 4) is 0 Å². The van der Waals surface area contributed by atoms with Gasteiger partial charge in [0.25, 0.3) is 0 Å². The molecule has 1 fully saturated rings. The highest BCUT2D eigenvalue weighted by atomic mass is 16.5. The summed E-state index contributed by atoms with van der Waals surface area (Å²) < 4.78 is 11.1. The molecule has 2 N–H and O–H groups in total. The molecule has 2 rings (SSSR count). The number of nitrogens with one attached hydrogen (secondary N) is 2. The molecule has 5 heteroatoms. The molecule has 1 aromatic rings. The molecule has 0 unspecified atom stereocenters. The molecule has 0 atom stereocenters. The van der Waals surface area contributed by atoms with Gasteiger partial charge in [-0.25, -0.2) is 0 Å². The molecule has 0 bridgehead atoms. The number of aryl methyl sites for hydroxylation is 1. The van der Waals surface area contributed by atoms with E-state index >= 15 is 0 Å². The zero-order chi connectivity index (χ0) is 17.7. The van der Waals surface area contributed by atoms with Gasteiger partial charge in [0.1, 0.15) is 0 Å². The Balaban J connectivity index is 1.50. The van der Waals surface area contributed by atoms with Crippen LogP contribution in [0.1, 0.15) is 30.4 Å². The third kappa shape index (κ3) is 8.36. The first-order chi connectivity index (χ1) is 12.3. The van der Waals surface area contributed by atoms with Gasteiger partial charge in [-0.05, 0) is 44.1 Å². The Morgan fingerprint density at radius 2 is 2.04 bits per heavy atom. The fourth-order valence-electron chi connectivity index (χ4n) is 2.96. The Morgan fingerprint density at radius 1 is 1.24 bits per heavy atom. The number of rotatable bonds is 9. The summed E-state index contributed by atoms with van der Waals surface area (Å²) in [7, 11) is 1.81. The minimum Gasteiger partial charge on any atom is -0.381 e. The molecule has 0 radical (unpaired) electrons. The van der Waals surface area contributed by atoms with Crippen LogP contribution in [-0.4, -0.2) is 52.5 Å². The van der Waals surface area contributed by atoms with E-state index < -0.39 is 0 Å². The van der Waals surface area contributed by atoms with Crippen LogP contribution in [0.15, 0.2) is 29.3 Å². The van der Waals surface area contributed by atoms with Crippen LogP contribution in [0.3, 0.4) is 0 Å². The molecule has 5 nitrogen and oxygen atoms in total. The van der Waals surface area contributed by atoms with Gasteiger partial charge in [-0.3, -0.25) is 4.99 Å². The highest BCUT2D eigenvalue weighted by molar-refractivity contribution is 5.79. The minimum atomic E-state index is 0.678. The Morgan fingerprint density at radius 3 is 2.80 bits per heavy atom. The second kappa shape index (κ2) is 11.9. The number of nitrogens with zero attached hydrogens (tertiary/aromatic N) is 1. The van der Waals surface area contributed by atoms with Crippen molar-refractivity contribution >= 4 is 5.96 Å². The summed E-state index contributed by atoms with van der Waals surface area (Å²) >= 11 is 0. The second-order valence-corrected chi connectivity index (χ2v) is 6.65. The molecular formula is C20H33N3O2. The monoisotopic (exact) mass is 347 g/mol. The van der Waals surface area contributed by atoms with Crippen molar-refractivity contribution in [2.24, 2.45) is 10.9 Å². The van der Waals surface area contributed by atoms with Crippen LogP contribution in [-0.2, 0) is 15.9 Å². The van der Waals surface area contributed by atoms with Crippen molar-refractivity contribution in [1.82, 2.24) is 10.6 Å². The van der Waals surface area contributed by atoms with Gasteiger partial charge in [-0.1, -0.05) is 29.8 Å². The largest absolute Gasteiger partial charge is 0.381 e. The molecule has 1 aliphatic rings. The van der Waals surface area contributed by atoms with Crippen LogP contribution in [0.5, 0.6) is 0 Å². The smallest absolute Gasteiger partial charge is 0.190 e. The molecule has 140 valence electrons. The molecular weight excluding hydrogens is 314 g/mol. The predicted molar refractivity (Wildman–Crippen MR) is 103 cm³/mol. The highest BCUT2D eigenvalue weighted by Crippen LogP contribution is 2.14. The lowest BCUT2D eigenvalue weighted by Gasteiger charge is -2.21. The Bertz CT molecular complexity index is 513. The van der Waals surface area contributed by atoms with E-state index in [4.69, 9.17) is 9.47 Å². The maximum atomic E-state index is 5.78. The maximum absolute atomic E-state index is 5.78. The molecule has 1 heterocycles. The molecule has 0 aromatic heterocycles. The van der Waals surface area contributed by atoms with Crippen molar-refractivity contribution in [3.63, 3.8) is 0 Å². The topological polar surface area (TPSA) is 54.9 Å². The number of hydrogen-bond donors (Lipinski definition) is 2. The van der Waals surface area contributed by atoms with Crippen LogP contribution in [0.2, 0.25) is 0 Å². The first kappa shape index (κ1) is 19.7. The number of benzene rings is 1. The zero-order valence-electron chi connectivity index (χ0n) is 15.7.